The number of sulfonamides is 1. The third kappa shape index (κ3) is 4.19. The van der Waals surface area contributed by atoms with Gasteiger partial charge in [0.05, 0.1) is 11.7 Å². The quantitative estimate of drug-likeness (QED) is 0.832. The number of para-hydroxylation sites is 1. The van der Waals surface area contributed by atoms with Gasteiger partial charge in [-0.2, -0.15) is 0 Å². The first-order valence-corrected chi connectivity index (χ1v) is 7.13. The average Bonchev–Trinajstić information content (AvgIpc) is 2.60. The van der Waals surface area contributed by atoms with Gasteiger partial charge in [-0.15, -0.1) is 0 Å². The van der Waals surface area contributed by atoms with Gasteiger partial charge >= 0.3 is 5.97 Å². The van der Waals surface area contributed by atoms with E-state index in [1.807, 2.05) is 4.72 Å². The Morgan fingerprint density at radius 2 is 1.95 bits per heavy atom. The maximum atomic E-state index is 12.5. The summed E-state index contributed by atoms with van der Waals surface area (Å²) in [7, 11) is -4.26. The van der Waals surface area contributed by atoms with Crippen LogP contribution >= 0.6 is 0 Å². The van der Waals surface area contributed by atoms with Crippen LogP contribution in [-0.2, 0) is 14.8 Å². The second kappa shape index (κ2) is 6.23. The topological polar surface area (TPSA) is 83.5 Å². The largest absolute Gasteiger partial charge is 0.478 e. The Morgan fingerprint density at radius 1 is 1.24 bits per heavy atom. The Kier molecular flexibility index (Phi) is 2.78. The normalized spacial score (nSPS) is 14.8. The van der Waals surface area contributed by atoms with Gasteiger partial charge in [0, 0.05) is 11.8 Å². The van der Waals surface area contributed by atoms with E-state index in [-0.39, 0.29) is 4.90 Å². The summed E-state index contributed by atoms with van der Waals surface area (Å²) in [5.74, 6) is -1.20. The molecule has 0 fully saturated rings. The fourth-order valence-electron chi connectivity index (χ4n) is 1.45. The lowest BCUT2D eigenvalue weighted by Crippen LogP contribution is -2.12. The van der Waals surface area contributed by atoms with Crippen LogP contribution < -0.4 is 4.72 Å². The van der Waals surface area contributed by atoms with Gasteiger partial charge in [0.2, 0.25) is 0 Å². The zero-order chi connectivity index (χ0) is 19.6. The lowest BCUT2D eigenvalue weighted by Gasteiger charge is -2.08. The molecule has 0 saturated carbocycles. The zero-order valence-corrected chi connectivity index (χ0v) is 11.4. The first-order chi connectivity index (χ1) is 12.0. The Morgan fingerprint density at radius 3 is 2.62 bits per heavy atom. The van der Waals surface area contributed by atoms with Crippen molar-refractivity contribution in [2.45, 2.75) is 4.90 Å². The molecule has 2 aromatic carbocycles. The standard InChI is InChI=1S/C15H13NO4S/c17-15(18)10-9-12-5-4-8-14(11-12)21(19,20)16-13-6-2-1-3-7-13/h1-11,16H,(H,17,18)/b10-9+/i1D,2D,3D,6D,7D. The van der Waals surface area contributed by atoms with E-state index in [9.17, 15) is 13.2 Å². The SMILES string of the molecule is [2H]c1c([2H])c([2H])c(NS(=O)(=O)c2cccc(/C=C/C(=O)O)c2)c([2H])c1[2H]. The van der Waals surface area contributed by atoms with Crippen LogP contribution in [0.5, 0.6) is 0 Å². The second-order valence-corrected chi connectivity index (χ2v) is 5.53. The molecule has 2 aromatic rings. The molecule has 0 aliphatic rings. The van der Waals surface area contributed by atoms with E-state index in [1.54, 1.807) is 0 Å². The monoisotopic (exact) mass is 308 g/mol. The first kappa shape index (κ1) is 9.36. The summed E-state index contributed by atoms with van der Waals surface area (Å²) in [4.78, 5) is 10.3. The summed E-state index contributed by atoms with van der Waals surface area (Å²) in [5.41, 5.74) is -0.265. The van der Waals surface area contributed by atoms with Crippen molar-refractivity contribution in [1.29, 1.82) is 0 Å². The molecule has 0 amide bonds. The number of rotatable bonds is 5. The number of carboxylic acid groups (broad SMARTS) is 1. The summed E-state index contributed by atoms with van der Waals surface area (Å²) in [5, 5.41) is 8.62. The molecule has 108 valence electrons. The van der Waals surface area contributed by atoms with Crippen molar-refractivity contribution in [3.8, 4) is 0 Å². The lowest BCUT2D eigenvalue weighted by molar-refractivity contribution is -0.131. The van der Waals surface area contributed by atoms with Gasteiger partial charge < -0.3 is 5.11 Å². The van der Waals surface area contributed by atoms with E-state index >= 15 is 0 Å². The smallest absolute Gasteiger partial charge is 0.328 e. The maximum absolute atomic E-state index is 12.5. The Bertz CT molecular complexity index is 992. The Hall–Kier alpha value is -2.60. The summed E-state index contributed by atoms with van der Waals surface area (Å²) >= 11 is 0. The molecule has 0 radical (unpaired) electrons. The molecule has 21 heavy (non-hydrogen) atoms. The number of aliphatic carboxylic acids is 1. The third-order valence-corrected chi connectivity index (χ3v) is 3.67. The predicted octanol–water partition coefficient (Wildman–Crippen LogP) is 2.59. The van der Waals surface area contributed by atoms with Crippen LogP contribution in [0.1, 0.15) is 12.4 Å². The molecule has 0 bridgehead atoms. The highest BCUT2D eigenvalue weighted by atomic mass is 32.2. The maximum Gasteiger partial charge on any atom is 0.328 e. The van der Waals surface area contributed by atoms with Crippen molar-refractivity contribution in [1.82, 2.24) is 0 Å². The van der Waals surface area contributed by atoms with Gasteiger partial charge in [-0.1, -0.05) is 30.3 Å². The summed E-state index contributed by atoms with van der Waals surface area (Å²) in [6, 6.07) is 1.98. The van der Waals surface area contributed by atoms with Crippen molar-refractivity contribution in [3.63, 3.8) is 0 Å². The second-order valence-electron chi connectivity index (χ2n) is 3.85. The van der Waals surface area contributed by atoms with Gasteiger partial charge in [0.15, 0.2) is 0 Å². The third-order valence-electron chi connectivity index (χ3n) is 2.32. The predicted molar refractivity (Wildman–Crippen MR) is 80.4 cm³/mol. The molecule has 0 aliphatic heterocycles. The number of hydrogen-bond donors (Lipinski definition) is 2. The highest BCUT2D eigenvalue weighted by Crippen LogP contribution is 2.17. The minimum atomic E-state index is -4.26. The minimum absolute atomic E-state index is 0.253. The summed E-state index contributed by atoms with van der Waals surface area (Å²) < 4.78 is 65.2. The Labute approximate surface area is 129 Å². The number of benzene rings is 2. The van der Waals surface area contributed by atoms with Crippen LogP contribution in [-0.4, -0.2) is 19.5 Å². The van der Waals surface area contributed by atoms with Gasteiger partial charge in [-0.3, -0.25) is 4.72 Å². The highest BCUT2D eigenvalue weighted by molar-refractivity contribution is 7.92. The molecule has 0 atom stereocenters. The highest BCUT2D eigenvalue weighted by Gasteiger charge is 2.13. The Balaban J connectivity index is 2.48. The first-order valence-electron chi connectivity index (χ1n) is 8.15. The molecule has 0 heterocycles. The molecule has 0 spiro atoms. The molecule has 0 aliphatic carbocycles. The van der Waals surface area contributed by atoms with Crippen molar-refractivity contribution >= 4 is 27.8 Å². The number of carbonyl (C=O) groups is 1. The van der Waals surface area contributed by atoms with Crippen LogP contribution in [0.15, 0.2) is 65.4 Å². The van der Waals surface area contributed by atoms with Crippen LogP contribution in [0.4, 0.5) is 5.69 Å². The van der Waals surface area contributed by atoms with E-state index in [0.717, 1.165) is 6.08 Å². The minimum Gasteiger partial charge on any atom is -0.478 e. The fraction of sp³-hybridized carbons (Fsp3) is 0. The van der Waals surface area contributed by atoms with Crippen molar-refractivity contribution in [2.75, 3.05) is 4.72 Å². The van der Waals surface area contributed by atoms with Crippen molar-refractivity contribution < 1.29 is 25.2 Å². The number of hydrogen-bond acceptors (Lipinski definition) is 3. The van der Waals surface area contributed by atoms with Crippen LogP contribution in [0.2, 0.25) is 0 Å². The van der Waals surface area contributed by atoms with E-state index in [0.29, 0.717) is 5.56 Å². The molecular formula is C15H13NO4S. The number of carboxylic acids is 1. The lowest BCUT2D eigenvalue weighted by atomic mass is 10.2. The van der Waals surface area contributed by atoms with Gasteiger partial charge in [0.1, 0.15) is 0 Å². The molecule has 0 saturated heterocycles. The molecule has 2 N–H and O–H groups in total. The fourth-order valence-corrected chi connectivity index (χ4v) is 2.48. The average molecular weight is 308 g/mol. The number of nitrogens with one attached hydrogen (secondary N) is 1. The van der Waals surface area contributed by atoms with Crippen molar-refractivity contribution in [3.05, 3.63) is 66.1 Å². The van der Waals surface area contributed by atoms with E-state index in [2.05, 4.69) is 0 Å². The van der Waals surface area contributed by atoms with Gasteiger partial charge in [0.25, 0.3) is 10.0 Å². The molecule has 0 aromatic heterocycles. The van der Waals surface area contributed by atoms with E-state index < -0.39 is 51.9 Å². The van der Waals surface area contributed by atoms with Crippen LogP contribution in [0, 0.1) is 0 Å². The van der Waals surface area contributed by atoms with E-state index in [4.69, 9.17) is 12.0 Å². The molecular weight excluding hydrogens is 290 g/mol. The molecule has 6 heteroatoms. The zero-order valence-electron chi connectivity index (χ0n) is 15.5. The molecule has 0 unspecified atom stereocenters. The summed E-state index contributed by atoms with van der Waals surface area (Å²) in [6.45, 7) is 0. The van der Waals surface area contributed by atoms with Crippen LogP contribution in [0.25, 0.3) is 6.08 Å². The molecule has 2 rings (SSSR count). The van der Waals surface area contributed by atoms with Crippen LogP contribution in [0.3, 0.4) is 0 Å². The van der Waals surface area contributed by atoms with Gasteiger partial charge in [-0.05, 0) is 35.9 Å². The molecule has 5 nitrogen and oxygen atoms in total. The summed E-state index contributed by atoms with van der Waals surface area (Å²) in [6.07, 6.45) is 2.04. The number of anilines is 1. The van der Waals surface area contributed by atoms with E-state index in [1.165, 1.54) is 30.3 Å². The van der Waals surface area contributed by atoms with Gasteiger partial charge in [-0.25, -0.2) is 13.2 Å². The van der Waals surface area contributed by atoms with Crippen molar-refractivity contribution in [2.24, 2.45) is 0 Å².